The molecule has 0 fully saturated rings. The largest absolute Gasteiger partial charge is 0.381 e. The van der Waals surface area contributed by atoms with E-state index in [1.165, 1.54) is 10.6 Å². The van der Waals surface area contributed by atoms with Crippen molar-refractivity contribution < 1.29 is 13.2 Å². The van der Waals surface area contributed by atoms with E-state index in [-0.39, 0.29) is 24.0 Å². The molecular formula is C15H35IN4O3S. The maximum absolute atomic E-state index is 11.5. The lowest BCUT2D eigenvalue weighted by Gasteiger charge is -2.18. The molecule has 24 heavy (non-hydrogen) atoms. The van der Waals surface area contributed by atoms with Gasteiger partial charge in [0.2, 0.25) is 10.0 Å². The third kappa shape index (κ3) is 14.2. The molecule has 0 radical (unpaired) electrons. The molecule has 0 unspecified atom stereocenters. The van der Waals surface area contributed by atoms with Crippen molar-refractivity contribution in [3.05, 3.63) is 0 Å². The van der Waals surface area contributed by atoms with Gasteiger partial charge >= 0.3 is 0 Å². The molecule has 0 atom stereocenters. The van der Waals surface area contributed by atoms with E-state index in [1.807, 2.05) is 6.92 Å². The number of ether oxygens (including phenoxy) is 1. The van der Waals surface area contributed by atoms with Gasteiger partial charge in [-0.15, -0.1) is 24.0 Å². The number of hydrogen-bond acceptors (Lipinski definition) is 4. The fourth-order valence-corrected chi connectivity index (χ4v) is 2.87. The van der Waals surface area contributed by atoms with Crippen molar-refractivity contribution in [1.29, 1.82) is 0 Å². The lowest BCUT2D eigenvalue weighted by Crippen LogP contribution is -2.40. The summed E-state index contributed by atoms with van der Waals surface area (Å²) in [5.74, 6) is 1.29. The number of nitrogens with one attached hydrogen (secondary N) is 2. The second-order valence-corrected chi connectivity index (χ2v) is 7.84. The van der Waals surface area contributed by atoms with E-state index in [9.17, 15) is 8.42 Å². The Balaban J connectivity index is 0. The van der Waals surface area contributed by atoms with Crippen LogP contribution < -0.4 is 10.6 Å². The number of halogens is 1. The Hall–Kier alpha value is -0.130. The highest BCUT2D eigenvalue weighted by molar-refractivity contribution is 14.0. The van der Waals surface area contributed by atoms with E-state index in [0.717, 1.165) is 38.6 Å². The Kier molecular flexibility index (Phi) is 16.5. The average Bonchev–Trinajstić information content (AvgIpc) is 2.46. The fraction of sp³-hybridized carbons (Fsp3) is 0.933. The first-order valence-corrected chi connectivity index (χ1v) is 10.1. The summed E-state index contributed by atoms with van der Waals surface area (Å²) in [6.45, 7) is 10.1. The number of hydrogen-bond donors (Lipinski definition) is 2. The van der Waals surface area contributed by atoms with Gasteiger partial charge in [-0.25, -0.2) is 12.7 Å². The van der Waals surface area contributed by atoms with E-state index in [0.29, 0.717) is 25.6 Å². The second-order valence-electron chi connectivity index (χ2n) is 5.86. The van der Waals surface area contributed by atoms with Crippen LogP contribution in [0.15, 0.2) is 4.99 Å². The topological polar surface area (TPSA) is 83.0 Å². The molecule has 0 spiro atoms. The standard InChI is InChI=1S/C15H34N4O3S.HI/c1-6-19(23(5,20)21)11-7-9-17-15(16-4)18-10-8-12-22-13-14(2)3;/h14H,6-13H2,1-5H3,(H2,16,17,18);1H. The van der Waals surface area contributed by atoms with Gasteiger partial charge in [-0.1, -0.05) is 20.8 Å². The molecule has 0 heterocycles. The van der Waals surface area contributed by atoms with E-state index >= 15 is 0 Å². The highest BCUT2D eigenvalue weighted by Crippen LogP contribution is 1.98. The van der Waals surface area contributed by atoms with Gasteiger partial charge in [-0.3, -0.25) is 4.99 Å². The highest BCUT2D eigenvalue weighted by atomic mass is 127. The summed E-state index contributed by atoms with van der Waals surface area (Å²) in [6.07, 6.45) is 2.90. The molecular weight excluding hydrogens is 443 g/mol. The van der Waals surface area contributed by atoms with Gasteiger partial charge < -0.3 is 15.4 Å². The second kappa shape index (κ2) is 15.2. The molecule has 0 aromatic heterocycles. The maximum atomic E-state index is 11.5. The number of nitrogens with zero attached hydrogens (tertiary/aromatic N) is 2. The summed E-state index contributed by atoms with van der Waals surface area (Å²) in [4.78, 5) is 4.14. The van der Waals surface area contributed by atoms with Gasteiger partial charge in [0.1, 0.15) is 0 Å². The number of aliphatic imine (C=N–C) groups is 1. The Morgan fingerprint density at radius 1 is 1.21 bits per heavy atom. The van der Waals surface area contributed by atoms with E-state index < -0.39 is 10.0 Å². The van der Waals surface area contributed by atoms with Gasteiger partial charge in [0, 0.05) is 46.4 Å². The molecule has 0 amide bonds. The molecule has 2 N–H and O–H groups in total. The van der Waals surface area contributed by atoms with Crippen molar-refractivity contribution in [3.8, 4) is 0 Å². The smallest absolute Gasteiger partial charge is 0.211 e. The lowest BCUT2D eigenvalue weighted by atomic mass is 10.2. The summed E-state index contributed by atoms with van der Waals surface area (Å²) < 4.78 is 29.9. The maximum Gasteiger partial charge on any atom is 0.211 e. The van der Waals surface area contributed by atoms with Crippen molar-refractivity contribution in [2.24, 2.45) is 10.9 Å². The van der Waals surface area contributed by atoms with Crippen LogP contribution in [0.5, 0.6) is 0 Å². The van der Waals surface area contributed by atoms with E-state index in [2.05, 4.69) is 29.5 Å². The van der Waals surface area contributed by atoms with E-state index in [4.69, 9.17) is 4.74 Å². The number of rotatable bonds is 12. The summed E-state index contributed by atoms with van der Waals surface area (Å²) in [7, 11) is -1.38. The summed E-state index contributed by atoms with van der Waals surface area (Å²) in [5, 5.41) is 6.40. The molecule has 0 saturated carbocycles. The van der Waals surface area contributed by atoms with Crippen LogP contribution in [0.2, 0.25) is 0 Å². The van der Waals surface area contributed by atoms with Crippen LogP contribution in [0.4, 0.5) is 0 Å². The Morgan fingerprint density at radius 3 is 2.25 bits per heavy atom. The van der Waals surface area contributed by atoms with Crippen molar-refractivity contribution in [1.82, 2.24) is 14.9 Å². The van der Waals surface area contributed by atoms with Gasteiger partial charge in [-0.2, -0.15) is 0 Å². The van der Waals surface area contributed by atoms with Crippen LogP contribution in [0.3, 0.4) is 0 Å². The van der Waals surface area contributed by atoms with Crippen LogP contribution in [-0.2, 0) is 14.8 Å². The summed E-state index contributed by atoms with van der Waals surface area (Å²) >= 11 is 0. The molecule has 0 aliphatic heterocycles. The van der Waals surface area contributed by atoms with Crippen molar-refractivity contribution in [3.63, 3.8) is 0 Å². The summed E-state index contributed by atoms with van der Waals surface area (Å²) in [5.41, 5.74) is 0. The van der Waals surface area contributed by atoms with Crippen LogP contribution in [-0.4, -0.2) is 71.4 Å². The number of sulfonamides is 1. The first-order chi connectivity index (χ1) is 10.8. The molecule has 0 rings (SSSR count). The zero-order chi connectivity index (χ0) is 17.7. The average molecular weight is 478 g/mol. The van der Waals surface area contributed by atoms with Crippen LogP contribution >= 0.6 is 24.0 Å². The predicted octanol–water partition coefficient (Wildman–Crippen LogP) is 1.50. The Labute approximate surface area is 165 Å². The molecule has 0 saturated heterocycles. The first kappa shape index (κ1) is 26.1. The first-order valence-electron chi connectivity index (χ1n) is 8.28. The Bertz CT molecular complexity index is 430. The fourth-order valence-electron chi connectivity index (χ4n) is 1.94. The van der Waals surface area contributed by atoms with Crippen molar-refractivity contribution in [2.75, 3.05) is 52.7 Å². The zero-order valence-electron chi connectivity index (χ0n) is 15.7. The molecule has 146 valence electrons. The van der Waals surface area contributed by atoms with Crippen LogP contribution in [0.25, 0.3) is 0 Å². The third-order valence-corrected chi connectivity index (χ3v) is 4.51. The minimum absolute atomic E-state index is 0. The van der Waals surface area contributed by atoms with Crippen LogP contribution in [0, 0.1) is 5.92 Å². The Morgan fingerprint density at radius 2 is 1.79 bits per heavy atom. The normalized spacial score (nSPS) is 12.4. The van der Waals surface area contributed by atoms with Gasteiger partial charge in [0.15, 0.2) is 5.96 Å². The van der Waals surface area contributed by atoms with E-state index in [1.54, 1.807) is 7.05 Å². The molecule has 0 aromatic rings. The molecule has 0 bridgehead atoms. The minimum atomic E-state index is -3.10. The monoisotopic (exact) mass is 478 g/mol. The van der Waals surface area contributed by atoms with Crippen LogP contribution in [0.1, 0.15) is 33.6 Å². The molecule has 0 aliphatic carbocycles. The minimum Gasteiger partial charge on any atom is -0.381 e. The third-order valence-electron chi connectivity index (χ3n) is 3.13. The zero-order valence-corrected chi connectivity index (χ0v) is 18.8. The lowest BCUT2D eigenvalue weighted by molar-refractivity contribution is 0.108. The summed E-state index contributed by atoms with van der Waals surface area (Å²) in [6, 6.07) is 0. The van der Waals surface area contributed by atoms with Gasteiger partial charge in [0.25, 0.3) is 0 Å². The molecule has 0 aromatic carbocycles. The predicted molar refractivity (Wildman–Crippen MR) is 112 cm³/mol. The molecule has 9 heteroatoms. The van der Waals surface area contributed by atoms with Gasteiger partial charge in [0.05, 0.1) is 6.26 Å². The SMILES string of the molecule is CCN(CCCNC(=NC)NCCCOCC(C)C)S(C)(=O)=O.I. The quantitative estimate of drug-likeness (QED) is 0.192. The number of guanidine groups is 1. The van der Waals surface area contributed by atoms with Crippen molar-refractivity contribution in [2.45, 2.75) is 33.6 Å². The highest BCUT2D eigenvalue weighted by Gasteiger charge is 2.13. The molecule has 0 aliphatic rings. The van der Waals surface area contributed by atoms with Gasteiger partial charge in [-0.05, 0) is 18.8 Å². The molecule has 7 nitrogen and oxygen atoms in total. The van der Waals surface area contributed by atoms with Crippen molar-refractivity contribution >= 4 is 40.0 Å².